The fraction of sp³-hybridized carbons (Fsp3) is 0.765. The first-order valence-electron chi connectivity index (χ1n) is 8.47. The Balaban J connectivity index is 1.79. The van der Waals surface area contributed by atoms with Crippen LogP contribution in [0.4, 0.5) is 0 Å². The molecule has 1 aliphatic heterocycles. The SMILES string of the molecule is CCCNCc1occc1CN1CCN(C(C)CC)CC1. The Morgan fingerprint density at radius 1 is 1.24 bits per heavy atom. The lowest BCUT2D eigenvalue weighted by Crippen LogP contribution is -2.49. The molecule has 1 aromatic rings. The second kappa shape index (κ2) is 8.57. The zero-order chi connectivity index (χ0) is 15.1. The third-order valence-electron chi connectivity index (χ3n) is 4.57. The maximum atomic E-state index is 5.63. The Labute approximate surface area is 129 Å². The van der Waals surface area contributed by atoms with Gasteiger partial charge in [-0.05, 0) is 32.4 Å². The highest BCUT2D eigenvalue weighted by atomic mass is 16.3. The summed E-state index contributed by atoms with van der Waals surface area (Å²) in [5, 5.41) is 3.42. The van der Waals surface area contributed by atoms with E-state index < -0.39 is 0 Å². The number of hydrogen-bond donors (Lipinski definition) is 1. The van der Waals surface area contributed by atoms with Crippen LogP contribution >= 0.6 is 0 Å². The van der Waals surface area contributed by atoms with Gasteiger partial charge in [0, 0.05) is 44.3 Å². The highest BCUT2D eigenvalue weighted by molar-refractivity contribution is 5.17. The lowest BCUT2D eigenvalue weighted by molar-refractivity contribution is 0.0960. The van der Waals surface area contributed by atoms with E-state index >= 15 is 0 Å². The van der Waals surface area contributed by atoms with Gasteiger partial charge in [0.05, 0.1) is 12.8 Å². The van der Waals surface area contributed by atoms with Gasteiger partial charge in [0.2, 0.25) is 0 Å². The van der Waals surface area contributed by atoms with Crippen molar-refractivity contribution in [1.82, 2.24) is 15.1 Å². The van der Waals surface area contributed by atoms with E-state index in [1.807, 2.05) is 6.26 Å². The Kier molecular flexibility index (Phi) is 6.74. The highest BCUT2D eigenvalue weighted by Crippen LogP contribution is 2.16. The fourth-order valence-corrected chi connectivity index (χ4v) is 2.90. The molecule has 1 fully saturated rings. The minimum atomic E-state index is 0.717. The zero-order valence-corrected chi connectivity index (χ0v) is 13.9. The van der Waals surface area contributed by atoms with Crippen LogP contribution < -0.4 is 5.32 Å². The molecule has 1 saturated heterocycles. The molecule has 2 rings (SSSR count). The van der Waals surface area contributed by atoms with Gasteiger partial charge in [-0.15, -0.1) is 0 Å². The van der Waals surface area contributed by atoms with E-state index in [4.69, 9.17) is 4.42 Å². The standard InChI is InChI=1S/C17H31N3O/c1-4-7-18-13-17-16(6-12-21-17)14-19-8-10-20(11-9-19)15(3)5-2/h6,12,15,18H,4-5,7-11,13-14H2,1-3H3. The highest BCUT2D eigenvalue weighted by Gasteiger charge is 2.21. The van der Waals surface area contributed by atoms with Gasteiger partial charge in [-0.25, -0.2) is 0 Å². The van der Waals surface area contributed by atoms with Crippen molar-refractivity contribution >= 4 is 0 Å². The largest absolute Gasteiger partial charge is 0.468 e. The molecule has 0 spiro atoms. The van der Waals surface area contributed by atoms with Crippen molar-refractivity contribution in [2.45, 2.75) is 52.7 Å². The molecule has 1 aliphatic rings. The second-order valence-corrected chi connectivity index (χ2v) is 6.12. The molecule has 120 valence electrons. The van der Waals surface area contributed by atoms with E-state index in [1.54, 1.807) is 0 Å². The first-order valence-corrected chi connectivity index (χ1v) is 8.47. The molecule has 4 heteroatoms. The molecule has 4 nitrogen and oxygen atoms in total. The monoisotopic (exact) mass is 293 g/mol. The van der Waals surface area contributed by atoms with Crippen molar-refractivity contribution in [1.29, 1.82) is 0 Å². The minimum absolute atomic E-state index is 0.717. The van der Waals surface area contributed by atoms with Gasteiger partial charge in [0.1, 0.15) is 5.76 Å². The Morgan fingerprint density at radius 3 is 2.67 bits per heavy atom. The summed E-state index contributed by atoms with van der Waals surface area (Å²) >= 11 is 0. The van der Waals surface area contributed by atoms with Gasteiger partial charge in [-0.1, -0.05) is 13.8 Å². The summed E-state index contributed by atoms with van der Waals surface area (Å²) in [4.78, 5) is 5.16. The molecule has 2 heterocycles. The van der Waals surface area contributed by atoms with Gasteiger partial charge in [0.25, 0.3) is 0 Å². The lowest BCUT2D eigenvalue weighted by Gasteiger charge is -2.37. The molecule has 1 N–H and O–H groups in total. The number of nitrogens with zero attached hydrogens (tertiary/aromatic N) is 2. The fourth-order valence-electron chi connectivity index (χ4n) is 2.90. The van der Waals surface area contributed by atoms with E-state index in [0.29, 0.717) is 0 Å². The van der Waals surface area contributed by atoms with Crippen molar-refractivity contribution in [2.24, 2.45) is 0 Å². The summed E-state index contributed by atoms with van der Waals surface area (Å²) in [5.74, 6) is 1.10. The van der Waals surface area contributed by atoms with Crippen molar-refractivity contribution in [3.63, 3.8) is 0 Å². The maximum absolute atomic E-state index is 5.63. The molecule has 0 amide bonds. The van der Waals surface area contributed by atoms with Crippen LogP contribution in [0.5, 0.6) is 0 Å². The third-order valence-corrected chi connectivity index (χ3v) is 4.57. The van der Waals surface area contributed by atoms with Crippen molar-refractivity contribution in [3.8, 4) is 0 Å². The smallest absolute Gasteiger partial charge is 0.122 e. The van der Waals surface area contributed by atoms with Crippen LogP contribution in [0, 0.1) is 0 Å². The van der Waals surface area contributed by atoms with Crippen molar-refractivity contribution in [3.05, 3.63) is 23.7 Å². The Bertz CT molecular complexity index is 396. The molecule has 0 radical (unpaired) electrons. The summed E-state index contributed by atoms with van der Waals surface area (Å²) in [7, 11) is 0. The average Bonchev–Trinajstić information content (AvgIpc) is 2.95. The topological polar surface area (TPSA) is 31.7 Å². The van der Waals surface area contributed by atoms with Crippen LogP contribution in [0.2, 0.25) is 0 Å². The summed E-state index contributed by atoms with van der Waals surface area (Å²) in [5.41, 5.74) is 1.34. The Hall–Kier alpha value is -0.840. The van der Waals surface area contributed by atoms with Gasteiger partial charge < -0.3 is 9.73 Å². The number of furan rings is 1. The average molecular weight is 293 g/mol. The molecule has 0 aliphatic carbocycles. The normalized spacial score (nSPS) is 19.0. The van der Waals surface area contributed by atoms with E-state index in [-0.39, 0.29) is 0 Å². The number of hydrogen-bond acceptors (Lipinski definition) is 4. The molecule has 1 unspecified atom stereocenters. The summed E-state index contributed by atoms with van der Waals surface area (Å²) in [6, 6.07) is 2.85. The maximum Gasteiger partial charge on any atom is 0.122 e. The number of nitrogens with one attached hydrogen (secondary N) is 1. The second-order valence-electron chi connectivity index (χ2n) is 6.12. The molecule has 1 aromatic heterocycles. The quantitative estimate of drug-likeness (QED) is 0.747. The van der Waals surface area contributed by atoms with Crippen molar-refractivity contribution < 1.29 is 4.42 Å². The van der Waals surface area contributed by atoms with E-state index in [0.717, 1.165) is 50.9 Å². The van der Waals surface area contributed by atoms with Gasteiger partial charge in [0.15, 0.2) is 0 Å². The van der Waals surface area contributed by atoms with Crippen LogP contribution in [0.3, 0.4) is 0 Å². The van der Waals surface area contributed by atoms with Crippen LogP contribution in [-0.4, -0.2) is 48.6 Å². The van der Waals surface area contributed by atoms with E-state index in [9.17, 15) is 0 Å². The van der Waals surface area contributed by atoms with E-state index in [2.05, 4.69) is 42.0 Å². The molecular formula is C17H31N3O. The van der Waals surface area contributed by atoms with Gasteiger partial charge in [-0.3, -0.25) is 9.80 Å². The van der Waals surface area contributed by atoms with E-state index in [1.165, 1.54) is 25.1 Å². The summed E-state index contributed by atoms with van der Waals surface area (Å²) < 4.78 is 5.63. The van der Waals surface area contributed by atoms with Gasteiger partial charge >= 0.3 is 0 Å². The molecular weight excluding hydrogens is 262 g/mol. The first kappa shape index (κ1) is 16.5. The van der Waals surface area contributed by atoms with Crippen LogP contribution in [0.1, 0.15) is 44.9 Å². The Morgan fingerprint density at radius 2 is 2.00 bits per heavy atom. The summed E-state index contributed by atoms with van der Waals surface area (Å²) in [6.45, 7) is 14.4. The van der Waals surface area contributed by atoms with Crippen LogP contribution in [0.25, 0.3) is 0 Å². The third kappa shape index (κ3) is 4.83. The van der Waals surface area contributed by atoms with Gasteiger partial charge in [-0.2, -0.15) is 0 Å². The summed E-state index contributed by atoms with van der Waals surface area (Å²) in [6.07, 6.45) is 4.23. The molecule has 0 saturated carbocycles. The first-order chi connectivity index (χ1) is 10.2. The lowest BCUT2D eigenvalue weighted by atomic mass is 10.1. The number of piperazine rings is 1. The predicted octanol–water partition coefficient (Wildman–Crippen LogP) is 2.70. The molecule has 1 atom stereocenters. The van der Waals surface area contributed by atoms with Crippen molar-refractivity contribution in [2.75, 3.05) is 32.7 Å². The predicted molar refractivity (Wildman–Crippen MR) is 87.3 cm³/mol. The van der Waals surface area contributed by atoms with Crippen LogP contribution in [-0.2, 0) is 13.1 Å². The number of rotatable bonds is 8. The zero-order valence-electron chi connectivity index (χ0n) is 13.9. The van der Waals surface area contributed by atoms with Crippen LogP contribution in [0.15, 0.2) is 16.7 Å². The molecule has 21 heavy (non-hydrogen) atoms. The molecule has 0 aromatic carbocycles. The molecule has 0 bridgehead atoms. The minimum Gasteiger partial charge on any atom is -0.468 e.